The molecule has 5 heteroatoms. The summed E-state index contributed by atoms with van der Waals surface area (Å²) in [6, 6.07) is 3.76. The highest BCUT2D eigenvalue weighted by atomic mass is 127. The molecule has 3 nitrogen and oxygen atoms in total. The zero-order valence-corrected chi connectivity index (χ0v) is 11.1. The second-order valence-corrected chi connectivity index (χ2v) is 4.49. The van der Waals surface area contributed by atoms with Crippen LogP contribution in [-0.2, 0) is 0 Å². The van der Waals surface area contributed by atoms with Gasteiger partial charge >= 0.3 is 0 Å². The number of benzene rings is 1. The molecular formula is C10H8ClIN2O. The molecule has 0 atom stereocenters. The van der Waals surface area contributed by atoms with Gasteiger partial charge in [-0.2, -0.15) is 0 Å². The molecule has 0 bridgehead atoms. The van der Waals surface area contributed by atoms with Gasteiger partial charge in [0.25, 0.3) is 0 Å². The summed E-state index contributed by atoms with van der Waals surface area (Å²) < 4.78 is 6.14. The highest BCUT2D eigenvalue weighted by Gasteiger charge is 2.09. The molecule has 1 heterocycles. The zero-order chi connectivity index (χ0) is 11.0. The number of ether oxygens (including phenoxy) is 1. The number of aromatic nitrogens is 2. The Morgan fingerprint density at radius 1 is 1.33 bits per heavy atom. The van der Waals surface area contributed by atoms with Crippen molar-refractivity contribution in [1.29, 1.82) is 0 Å². The minimum atomic E-state index is 0.439. The van der Waals surface area contributed by atoms with E-state index in [2.05, 4.69) is 32.6 Å². The maximum absolute atomic E-state index is 5.94. The first-order valence-electron chi connectivity index (χ1n) is 4.30. The molecule has 78 valence electrons. The predicted octanol–water partition coefficient (Wildman–Crippen LogP) is 3.20. The fourth-order valence-corrected chi connectivity index (χ4v) is 2.22. The summed E-state index contributed by atoms with van der Waals surface area (Å²) in [5.74, 6) is 0.789. The van der Waals surface area contributed by atoms with Gasteiger partial charge in [0, 0.05) is 0 Å². The van der Waals surface area contributed by atoms with Crippen molar-refractivity contribution in [3.8, 4) is 5.75 Å². The molecule has 0 fully saturated rings. The van der Waals surface area contributed by atoms with E-state index < -0.39 is 0 Å². The molecule has 0 radical (unpaired) electrons. The maximum Gasteiger partial charge on any atom is 0.151 e. The molecule has 15 heavy (non-hydrogen) atoms. The molecule has 0 aliphatic heterocycles. The number of hydrogen-bond donors (Lipinski definition) is 0. The van der Waals surface area contributed by atoms with Crippen LogP contribution in [0.25, 0.3) is 11.0 Å². The average molecular weight is 335 g/mol. The van der Waals surface area contributed by atoms with E-state index in [1.165, 1.54) is 0 Å². The zero-order valence-electron chi connectivity index (χ0n) is 8.21. The van der Waals surface area contributed by atoms with Crippen molar-refractivity contribution in [2.45, 2.75) is 6.92 Å². The fourth-order valence-electron chi connectivity index (χ4n) is 1.30. The van der Waals surface area contributed by atoms with E-state index >= 15 is 0 Å². The van der Waals surface area contributed by atoms with Crippen LogP contribution in [0.2, 0.25) is 5.15 Å². The van der Waals surface area contributed by atoms with E-state index in [-0.39, 0.29) is 0 Å². The van der Waals surface area contributed by atoms with E-state index in [4.69, 9.17) is 16.3 Å². The highest BCUT2D eigenvalue weighted by molar-refractivity contribution is 14.1. The summed E-state index contributed by atoms with van der Waals surface area (Å²) in [7, 11) is 1.63. The van der Waals surface area contributed by atoms with Crippen molar-refractivity contribution in [2.75, 3.05) is 7.11 Å². The average Bonchev–Trinajstić information content (AvgIpc) is 2.22. The molecule has 0 unspecified atom stereocenters. The molecule has 0 saturated heterocycles. The van der Waals surface area contributed by atoms with Crippen molar-refractivity contribution in [3.05, 3.63) is 26.5 Å². The third kappa shape index (κ3) is 1.88. The third-order valence-corrected chi connectivity index (χ3v) is 3.48. The molecule has 0 amide bonds. The lowest BCUT2D eigenvalue weighted by atomic mass is 10.3. The molecule has 1 aromatic heterocycles. The van der Waals surface area contributed by atoms with E-state index in [1.807, 2.05) is 19.1 Å². The summed E-state index contributed by atoms with van der Waals surface area (Å²) in [4.78, 5) is 8.66. The van der Waals surface area contributed by atoms with Crippen LogP contribution in [0.1, 0.15) is 5.69 Å². The van der Waals surface area contributed by atoms with Crippen LogP contribution in [-0.4, -0.2) is 17.1 Å². The van der Waals surface area contributed by atoms with Gasteiger partial charge < -0.3 is 4.74 Å². The van der Waals surface area contributed by atoms with Crippen LogP contribution < -0.4 is 4.74 Å². The first kappa shape index (κ1) is 10.9. The Hall–Kier alpha value is -0.620. The van der Waals surface area contributed by atoms with Gasteiger partial charge in [-0.05, 0) is 41.6 Å². The molecule has 2 rings (SSSR count). The number of hydrogen-bond acceptors (Lipinski definition) is 3. The lowest BCUT2D eigenvalue weighted by Gasteiger charge is -2.06. The van der Waals surface area contributed by atoms with Crippen LogP contribution in [0.4, 0.5) is 0 Å². The Balaban J connectivity index is 2.81. The minimum absolute atomic E-state index is 0.439. The van der Waals surface area contributed by atoms with E-state index in [9.17, 15) is 0 Å². The van der Waals surface area contributed by atoms with Gasteiger partial charge in [0.2, 0.25) is 0 Å². The Morgan fingerprint density at radius 2 is 2.07 bits per heavy atom. The SMILES string of the molecule is COc1ccc2nc(C)c(Cl)nc2c1I. The Kier molecular flexibility index (Phi) is 2.97. The fraction of sp³-hybridized carbons (Fsp3) is 0.200. The van der Waals surface area contributed by atoms with Crippen LogP contribution in [0.5, 0.6) is 5.75 Å². The van der Waals surface area contributed by atoms with Gasteiger partial charge in [-0.25, -0.2) is 9.97 Å². The Labute approximate surface area is 106 Å². The molecule has 0 N–H and O–H groups in total. The lowest BCUT2D eigenvalue weighted by molar-refractivity contribution is 0.412. The van der Waals surface area contributed by atoms with E-state index in [0.717, 1.165) is 26.0 Å². The van der Waals surface area contributed by atoms with Crippen molar-refractivity contribution in [2.24, 2.45) is 0 Å². The summed E-state index contributed by atoms with van der Waals surface area (Å²) >= 11 is 8.12. The lowest BCUT2D eigenvalue weighted by Crippen LogP contribution is -1.94. The number of aryl methyl sites for hydroxylation is 1. The first-order valence-corrected chi connectivity index (χ1v) is 5.75. The third-order valence-electron chi connectivity index (χ3n) is 2.08. The van der Waals surface area contributed by atoms with Gasteiger partial charge in [-0.1, -0.05) is 11.6 Å². The molecule has 0 aliphatic carbocycles. The smallest absolute Gasteiger partial charge is 0.151 e. The van der Waals surface area contributed by atoms with Crippen molar-refractivity contribution < 1.29 is 4.74 Å². The van der Waals surface area contributed by atoms with Crippen LogP contribution >= 0.6 is 34.2 Å². The topological polar surface area (TPSA) is 35.0 Å². The monoisotopic (exact) mass is 334 g/mol. The molecule has 0 aliphatic rings. The number of methoxy groups -OCH3 is 1. The second-order valence-electron chi connectivity index (χ2n) is 3.05. The molecule has 0 spiro atoms. The van der Waals surface area contributed by atoms with Crippen LogP contribution in [0.3, 0.4) is 0 Å². The van der Waals surface area contributed by atoms with Crippen LogP contribution in [0.15, 0.2) is 12.1 Å². The van der Waals surface area contributed by atoms with Crippen molar-refractivity contribution in [1.82, 2.24) is 9.97 Å². The molecule has 0 saturated carbocycles. The molecular weight excluding hydrogens is 326 g/mol. The van der Waals surface area contributed by atoms with Gasteiger partial charge in [-0.3, -0.25) is 0 Å². The maximum atomic E-state index is 5.94. The number of nitrogens with zero attached hydrogens (tertiary/aromatic N) is 2. The summed E-state index contributed by atoms with van der Waals surface area (Å²) in [5, 5.41) is 0.439. The number of halogens is 2. The Morgan fingerprint density at radius 3 is 2.73 bits per heavy atom. The van der Waals surface area contributed by atoms with Crippen LogP contribution in [0, 0.1) is 10.5 Å². The number of fused-ring (bicyclic) bond motifs is 1. The van der Waals surface area contributed by atoms with Gasteiger partial charge in [0.05, 0.1) is 21.9 Å². The van der Waals surface area contributed by atoms with Gasteiger partial charge in [0.1, 0.15) is 11.3 Å². The van der Waals surface area contributed by atoms with Gasteiger partial charge in [-0.15, -0.1) is 0 Å². The predicted molar refractivity (Wildman–Crippen MR) is 68.6 cm³/mol. The Bertz CT molecular complexity index is 530. The standard InChI is InChI=1S/C10H8ClIN2O/c1-5-10(11)14-9-6(13-5)3-4-7(15-2)8(9)12/h3-4H,1-2H3. The second kappa shape index (κ2) is 4.09. The largest absolute Gasteiger partial charge is 0.496 e. The van der Waals surface area contributed by atoms with Crippen molar-refractivity contribution in [3.63, 3.8) is 0 Å². The minimum Gasteiger partial charge on any atom is -0.496 e. The highest BCUT2D eigenvalue weighted by Crippen LogP contribution is 2.28. The summed E-state index contributed by atoms with van der Waals surface area (Å²) in [5.41, 5.74) is 2.36. The summed E-state index contributed by atoms with van der Waals surface area (Å²) in [6.07, 6.45) is 0. The first-order chi connectivity index (χ1) is 7.13. The molecule has 1 aromatic carbocycles. The van der Waals surface area contributed by atoms with E-state index in [0.29, 0.717) is 5.15 Å². The normalized spacial score (nSPS) is 10.7. The van der Waals surface area contributed by atoms with Crippen molar-refractivity contribution >= 4 is 45.2 Å². The molecule has 2 aromatic rings. The number of rotatable bonds is 1. The quantitative estimate of drug-likeness (QED) is 0.751. The summed E-state index contributed by atoms with van der Waals surface area (Å²) in [6.45, 7) is 1.84. The van der Waals surface area contributed by atoms with E-state index in [1.54, 1.807) is 7.11 Å². The van der Waals surface area contributed by atoms with Gasteiger partial charge in [0.15, 0.2) is 5.15 Å².